The van der Waals surface area contributed by atoms with Crippen LogP contribution in [0.3, 0.4) is 0 Å². The smallest absolute Gasteiger partial charge is 0.266 e. The fraction of sp³-hybridized carbons (Fsp3) is 0.438. The van der Waals surface area contributed by atoms with Gasteiger partial charge in [-0.05, 0) is 43.6 Å². The number of nitrogens with zero attached hydrogens (tertiary/aromatic N) is 2. The molecule has 1 saturated heterocycles. The second kappa shape index (κ2) is 6.44. The number of hydrogen-bond acceptors (Lipinski definition) is 4. The van der Waals surface area contributed by atoms with Crippen molar-refractivity contribution in [3.05, 3.63) is 29.0 Å². The van der Waals surface area contributed by atoms with Gasteiger partial charge in [0, 0.05) is 20.0 Å². The van der Waals surface area contributed by atoms with Gasteiger partial charge in [0.25, 0.3) is 11.7 Å². The SMILES string of the molecule is CN1CCC(C#CC(=O)c2cccc(Cl)n2)(O[Si](C)(C)C)C1=O. The van der Waals surface area contributed by atoms with Crippen molar-refractivity contribution >= 4 is 31.6 Å². The number of likely N-dealkylation sites (N-methyl/N-ethyl adjacent to an activating group) is 1. The van der Waals surface area contributed by atoms with Gasteiger partial charge < -0.3 is 9.33 Å². The molecule has 1 fully saturated rings. The molecule has 1 unspecified atom stereocenters. The van der Waals surface area contributed by atoms with E-state index in [2.05, 4.69) is 16.8 Å². The minimum absolute atomic E-state index is 0.159. The molecular formula is C16H19ClN2O3Si. The van der Waals surface area contributed by atoms with E-state index in [4.69, 9.17) is 16.0 Å². The van der Waals surface area contributed by atoms with E-state index in [0.717, 1.165) is 0 Å². The molecular weight excluding hydrogens is 332 g/mol. The maximum atomic E-state index is 12.5. The monoisotopic (exact) mass is 350 g/mol. The molecule has 1 aliphatic rings. The lowest BCUT2D eigenvalue weighted by Gasteiger charge is -2.29. The van der Waals surface area contributed by atoms with Crippen LogP contribution in [0.2, 0.25) is 24.8 Å². The number of amides is 1. The average Bonchev–Trinajstić information content (AvgIpc) is 2.72. The van der Waals surface area contributed by atoms with Crippen molar-refractivity contribution in [1.29, 1.82) is 0 Å². The molecule has 0 aliphatic carbocycles. The van der Waals surface area contributed by atoms with Crippen LogP contribution in [-0.2, 0) is 9.22 Å². The number of ketones is 1. The summed E-state index contributed by atoms with van der Waals surface area (Å²) in [5, 5.41) is 0.224. The highest BCUT2D eigenvalue weighted by atomic mass is 35.5. The Morgan fingerprint density at radius 2 is 2.13 bits per heavy atom. The number of carbonyl (C=O) groups excluding carboxylic acids is 2. The van der Waals surface area contributed by atoms with Gasteiger partial charge >= 0.3 is 0 Å². The van der Waals surface area contributed by atoms with Crippen molar-refractivity contribution in [3.63, 3.8) is 0 Å². The van der Waals surface area contributed by atoms with Crippen LogP contribution in [0, 0.1) is 11.8 Å². The Hall–Kier alpha value is -1.68. The molecule has 23 heavy (non-hydrogen) atoms. The lowest BCUT2D eigenvalue weighted by molar-refractivity contribution is -0.136. The third kappa shape index (κ3) is 4.19. The molecule has 1 aromatic heterocycles. The third-order valence-electron chi connectivity index (χ3n) is 3.30. The highest BCUT2D eigenvalue weighted by molar-refractivity contribution is 6.70. The van der Waals surface area contributed by atoms with Crippen molar-refractivity contribution in [2.45, 2.75) is 31.7 Å². The largest absolute Gasteiger partial charge is 0.394 e. The minimum Gasteiger partial charge on any atom is -0.394 e. The van der Waals surface area contributed by atoms with E-state index < -0.39 is 19.7 Å². The van der Waals surface area contributed by atoms with Gasteiger partial charge in [0.05, 0.1) is 0 Å². The molecule has 7 heteroatoms. The average molecular weight is 351 g/mol. The van der Waals surface area contributed by atoms with Crippen LogP contribution in [-0.4, -0.2) is 49.1 Å². The molecule has 0 spiro atoms. The number of Topliss-reactive ketones (excluding diaryl/α,β-unsaturated/α-hetero) is 1. The number of pyridine rings is 1. The molecule has 1 atom stereocenters. The van der Waals surface area contributed by atoms with Gasteiger partial charge in [-0.1, -0.05) is 17.7 Å². The van der Waals surface area contributed by atoms with Crippen LogP contribution in [0.5, 0.6) is 0 Å². The topological polar surface area (TPSA) is 59.5 Å². The molecule has 1 amide bonds. The van der Waals surface area contributed by atoms with E-state index in [-0.39, 0.29) is 16.8 Å². The molecule has 122 valence electrons. The predicted octanol–water partition coefficient (Wildman–Crippen LogP) is 2.37. The normalized spacial score (nSPS) is 21.1. The Morgan fingerprint density at radius 1 is 1.43 bits per heavy atom. The first-order valence-electron chi connectivity index (χ1n) is 7.29. The van der Waals surface area contributed by atoms with E-state index in [1.807, 2.05) is 19.6 Å². The number of rotatable bonds is 3. The van der Waals surface area contributed by atoms with Gasteiger partial charge in [-0.2, -0.15) is 0 Å². The van der Waals surface area contributed by atoms with Crippen molar-refractivity contribution in [3.8, 4) is 11.8 Å². The number of carbonyl (C=O) groups is 2. The fourth-order valence-corrected chi connectivity index (χ4v) is 3.81. The Labute approximate surface area is 142 Å². The van der Waals surface area contributed by atoms with Gasteiger partial charge in [0.2, 0.25) is 0 Å². The lowest BCUT2D eigenvalue weighted by Crippen LogP contribution is -2.47. The minimum atomic E-state index is -2.02. The summed E-state index contributed by atoms with van der Waals surface area (Å²) in [6.07, 6.45) is 0.454. The molecule has 0 aromatic carbocycles. The number of hydrogen-bond donors (Lipinski definition) is 0. The van der Waals surface area contributed by atoms with Gasteiger partial charge in [0.1, 0.15) is 10.8 Å². The predicted molar refractivity (Wildman–Crippen MR) is 90.8 cm³/mol. The lowest BCUT2D eigenvalue weighted by atomic mass is 10.0. The first kappa shape index (κ1) is 17.7. The summed E-state index contributed by atoms with van der Waals surface area (Å²) in [6, 6.07) is 4.75. The summed E-state index contributed by atoms with van der Waals surface area (Å²) < 4.78 is 6.05. The molecule has 0 saturated carbocycles. The molecule has 1 aromatic rings. The Kier molecular flexibility index (Phi) is 4.94. The molecule has 5 nitrogen and oxygen atoms in total. The van der Waals surface area contributed by atoms with Crippen molar-refractivity contribution in [2.24, 2.45) is 0 Å². The Balaban J connectivity index is 2.33. The number of likely N-dealkylation sites (tertiary alicyclic amines) is 1. The van der Waals surface area contributed by atoms with Crippen LogP contribution in [0.1, 0.15) is 16.9 Å². The van der Waals surface area contributed by atoms with Crippen LogP contribution in [0.25, 0.3) is 0 Å². The third-order valence-corrected chi connectivity index (χ3v) is 4.47. The maximum Gasteiger partial charge on any atom is 0.266 e. The van der Waals surface area contributed by atoms with E-state index in [9.17, 15) is 9.59 Å². The van der Waals surface area contributed by atoms with Crippen molar-refractivity contribution in [1.82, 2.24) is 9.88 Å². The summed E-state index contributed by atoms with van der Waals surface area (Å²) in [5.41, 5.74) is -1.07. The first-order valence-corrected chi connectivity index (χ1v) is 11.1. The molecule has 2 rings (SSSR count). The molecule has 1 aliphatic heterocycles. The van der Waals surface area contributed by atoms with Crippen LogP contribution in [0.4, 0.5) is 0 Å². The fourth-order valence-electron chi connectivity index (χ4n) is 2.36. The Morgan fingerprint density at radius 3 is 2.65 bits per heavy atom. The van der Waals surface area contributed by atoms with Gasteiger partial charge in [0.15, 0.2) is 13.9 Å². The highest BCUT2D eigenvalue weighted by Gasteiger charge is 2.48. The van der Waals surface area contributed by atoms with E-state index in [1.54, 1.807) is 24.1 Å². The summed E-state index contributed by atoms with van der Waals surface area (Å²) in [4.78, 5) is 30.2. The van der Waals surface area contributed by atoms with Crippen LogP contribution in [0.15, 0.2) is 18.2 Å². The first-order chi connectivity index (χ1) is 10.6. The number of aromatic nitrogens is 1. The molecule has 2 heterocycles. The standard InChI is InChI=1S/C16H19ClN2O3Si/c1-19-11-10-16(15(19)21,22-23(2,3)4)9-8-13(20)12-6-5-7-14(17)18-12/h5-7H,10-11H2,1-4H3. The van der Waals surface area contributed by atoms with Crippen molar-refractivity contribution < 1.29 is 14.0 Å². The van der Waals surface area contributed by atoms with Gasteiger partial charge in [-0.25, -0.2) is 4.98 Å². The summed E-state index contributed by atoms with van der Waals surface area (Å²) in [6.45, 7) is 6.52. The quantitative estimate of drug-likeness (QED) is 0.276. The van der Waals surface area contributed by atoms with E-state index >= 15 is 0 Å². The summed E-state index contributed by atoms with van der Waals surface area (Å²) in [7, 11) is -0.316. The molecule has 0 radical (unpaired) electrons. The van der Waals surface area contributed by atoms with E-state index in [1.165, 1.54) is 6.07 Å². The maximum absolute atomic E-state index is 12.5. The molecule has 0 N–H and O–H groups in total. The Bertz CT molecular complexity index is 705. The zero-order valence-electron chi connectivity index (χ0n) is 13.6. The summed E-state index contributed by atoms with van der Waals surface area (Å²) in [5.74, 6) is 4.64. The zero-order chi connectivity index (χ0) is 17.3. The van der Waals surface area contributed by atoms with Crippen molar-refractivity contribution in [2.75, 3.05) is 13.6 Å². The molecule has 0 bridgehead atoms. The summed E-state index contributed by atoms with van der Waals surface area (Å²) >= 11 is 5.78. The van der Waals surface area contributed by atoms with Crippen LogP contribution < -0.4 is 0 Å². The van der Waals surface area contributed by atoms with Gasteiger partial charge in [-0.3, -0.25) is 9.59 Å². The number of halogens is 1. The van der Waals surface area contributed by atoms with Gasteiger partial charge in [-0.15, -0.1) is 0 Å². The second-order valence-corrected chi connectivity index (χ2v) is 11.3. The van der Waals surface area contributed by atoms with E-state index in [0.29, 0.717) is 13.0 Å². The van der Waals surface area contributed by atoms with Crippen LogP contribution >= 0.6 is 11.6 Å². The second-order valence-electron chi connectivity index (χ2n) is 6.44. The highest BCUT2D eigenvalue weighted by Crippen LogP contribution is 2.29. The zero-order valence-corrected chi connectivity index (χ0v) is 15.4.